The largest absolute Gasteiger partial charge is 0.383 e. The summed E-state index contributed by atoms with van der Waals surface area (Å²) < 4.78 is 1.28. The zero-order valence-electron chi connectivity index (χ0n) is 16.9. The first-order chi connectivity index (χ1) is 14.4. The van der Waals surface area contributed by atoms with Crippen LogP contribution in [0.3, 0.4) is 0 Å². The van der Waals surface area contributed by atoms with E-state index in [-0.39, 0.29) is 35.8 Å². The third kappa shape index (κ3) is 4.65. The maximum absolute atomic E-state index is 13.1. The van der Waals surface area contributed by atoms with Crippen LogP contribution in [0.2, 0.25) is 0 Å². The molecule has 0 saturated heterocycles. The van der Waals surface area contributed by atoms with Gasteiger partial charge in [0.05, 0.1) is 18.3 Å². The molecule has 0 aliphatic heterocycles. The minimum absolute atomic E-state index is 0.0136. The van der Waals surface area contributed by atoms with E-state index in [0.29, 0.717) is 0 Å². The van der Waals surface area contributed by atoms with E-state index in [4.69, 9.17) is 5.73 Å². The first kappa shape index (κ1) is 21.4. The van der Waals surface area contributed by atoms with Crippen molar-refractivity contribution in [3.63, 3.8) is 0 Å². The molecular formula is C22H24N4O3S. The number of benzene rings is 2. The Labute approximate surface area is 178 Å². The van der Waals surface area contributed by atoms with Gasteiger partial charge in [0.25, 0.3) is 5.56 Å². The zero-order chi connectivity index (χ0) is 21.7. The number of nitrogens with two attached hydrogens (primary N) is 1. The van der Waals surface area contributed by atoms with E-state index in [2.05, 4.69) is 4.98 Å². The molecule has 7 nitrogen and oxygen atoms in total. The van der Waals surface area contributed by atoms with Crippen LogP contribution >= 0.6 is 11.8 Å². The average Bonchev–Trinajstić information content (AvgIpc) is 2.76. The van der Waals surface area contributed by atoms with Gasteiger partial charge in [-0.1, -0.05) is 60.7 Å². The van der Waals surface area contributed by atoms with Crippen molar-refractivity contribution >= 4 is 29.2 Å². The Morgan fingerprint density at radius 1 is 1.07 bits per heavy atom. The van der Waals surface area contributed by atoms with Gasteiger partial charge in [0.1, 0.15) is 5.82 Å². The predicted octanol–water partition coefficient (Wildman–Crippen LogP) is 2.45. The Hall–Kier alpha value is -3.26. The van der Waals surface area contributed by atoms with Crippen LogP contribution in [0.1, 0.15) is 18.1 Å². The van der Waals surface area contributed by atoms with E-state index < -0.39 is 11.2 Å². The van der Waals surface area contributed by atoms with Crippen LogP contribution in [0, 0.1) is 0 Å². The van der Waals surface area contributed by atoms with E-state index in [1.165, 1.54) is 21.2 Å². The number of nitrogen functional groups attached to an aromatic ring is 1. The molecule has 1 aromatic heterocycles. The molecule has 30 heavy (non-hydrogen) atoms. The number of hydrogen-bond acceptors (Lipinski definition) is 5. The van der Waals surface area contributed by atoms with Gasteiger partial charge in [0.15, 0.2) is 5.69 Å². The van der Waals surface area contributed by atoms with E-state index in [1.807, 2.05) is 66.9 Å². The fourth-order valence-electron chi connectivity index (χ4n) is 3.11. The van der Waals surface area contributed by atoms with Gasteiger partial charge in [0, 0.05) is 0 Å². The Bertz CT molecular complexity index is 1130. The molecule has 1 heterocycles. The molecule has 0 saturated carbocycles. The number of thioether (sulfide) groups is 1. The third-order valence-electron chi connectivity index (χ3n) is 4.82. The summed E-state index contributed by atoms with van der Waals surface area (Å²) in [5.41, 5.74) is 6.69. The van der Waals surface area contributed by atoms with Crippen molar-refractivity contribution in [2.75, 3.05) is 16.9 Å². The molecular weight excluding hydrogens is 400 g/mol. The number of anilines is 2. The number of amides is 1. The van der Waals surface area contributed by atoms with Crippen LogP contribution in [0.5, 0.6) is 0 Å². The standard InChI is InChI=1S/C22H24N4O3S/c1-15(30-2)21(28)25(13-16-9-5-3-6-10-16)18-19(23)26(22(29)24-20(18)27)14-17-11-7-4-8-12-17/h3-12,15H,13-14,23H2,1-2H3,(H,24,27,29). The summed E-state index contributed by atoms with van der Waals surface area (Å²) in [4.78, 5) is 42.1. The first-order valence-electron chi connectivity index (χ1n) is 9.47. The molecule has 0 fully saturated rings. The van der Waals surface area contributed by atoms with E-state index >= 15 is 0 Å². The van der Waals surface area contributed by atoms with Gasteiger partial charge in [-0.05, 0) is 24.3 Å². The number of carbonyl (C=O) groups is 1. The summed E-state index contributed by atoms with van der Waals surface area (Å²) in [5, 5.41) is -0.387. The molecule has 3 N–H and O–H groups in total. The molecule has 1 amide bonds. The SMILES string of the molecule is CSC(C)C(=O)N(Cc1ccccc1)c1c(N)n(Cc2ccccc2)c(=O)[nH]c1=O. The Kier molecular flexibility index (Phi) is 6.79. The van der Waals surface area contributed by atoms with Gasteiger partial charge in [-0.15, -0.1) is 0 Å². The minimum atomic E-state index is -0.681. The van der Waals surface area contributed by atoms with Crippen molar-refractivity contribution in [3.8, 4) is 0 Å². The van der Waals surface area contributed by atoms with Crippen LogP contribution < -0.4 is 21.9 Å². The fraction of sp³-hybridized carbons (Fsp3) is 0.227. The molecule has 1 unspecified atom stereocenters. The van der Waals surface area contributed by atoms with Crippen molar-refractivity contribution in [2.24, 2.45) is 0 Å². The highest BCUT2D eigenvalue weighted by Crippen LogP contribution is 2.23. The second-order valence-electron chi connectivity index (χ2n) is 6.85. The summed E-state index contributed by atoms with van der Waals surface area (Å²) in [6, 6.07) is 18.6. The lowest BCUT2D eigenvalue weighted by molar-refractivity contribution is -0.118. The van der Waals surface area contributed by atoms with Crippen LogP contribution in [-0.2, 0) is 17.9 Å². The van der Waals surface area contributed by atoms with Crippen LogP contribution in [0.4, 0.5) is 11.5 Å². The first-order valence-corrected chi connectivity index (χ1v) is 10.8. The minimum Gasteiger partial charge on any atom is -0.383 e. The summed E-state index contributed by atoms with van der Waals surface area (Å²) in [7, 11) is 0. The van der Waals surface area contributed by atoms with Gasteiger partial charge in [-0.3, -0.25) is 24.0 Å². The van der Waals surface area contributed by atoms with Gasteiger partial charge in [-0.2, -0.15) is 11.8 Å². The van der Waals surface area contributed by atoms with Crippen LogP contribution in [0.15, 0.2) is 70.3 Å². The monoisotopic (exact) mass is 424 g/mol. The molecule has 8 heteroatoms. The predicted molar refractivity (Wildman–Crippen MR) is 122 cm³/mol. The number of hydrogen-bond donors (Lipinski definition) is 2. The highest BCUT2D eigenvalue weighted by molar-refractivity contribution is 7.99. The summed E-state index contributed by atoms with van der Waals surface area (Å²) >= 11 is 1.38. The molecule has 0 bridgehead atoms. The number of rotatable bonds is 7. The van der Waals surface area contributed by atoms with Crippen molar-refractivity contribution in [1.82, 2.24) is 9.55 Å². The maximum Gasteiger partial charge on any atom is 0.330 e. The molecule has 1 atom stereocenters. The number of carbonyl (C=O) groups excluding carboxylic acids is 1. The Balaban J connectivity index is 2.12. The third-order valence-corrected chi connectivity index (χ3v) is 5.73. The molecule has 0 aliphatic rings. The quantitative estimate of drug-likeness (QED) is 0.607. The molecule has 0 spiro atoms. The second-order valence-corrected chi connectivity index (χ2v) is 8.03. The lowest BCUT2D eigenvalue weighted by atomic mass is 10.2. The van der Waals surface area contributed by atoms with E-state index in [0.717, 1.165) is 11.1 Å². The number of nitrogens with one attached hydrogen (secondary N) is 1. The smallest absolute Gasteiger partial charge is 0.330 e. The van der Waals surface area contributed by atoms with Gasteiger partial charge in [-0.25, -0.2) is 4.79 Å². The van der Waals surface area contributed by atoms with Gasteiger partial charge in [0.2, 0.25) is 5.91 Å². The molecule has 0 radical (unpaired) electrons. The number of aromatic nitrogens is 2. The molecule has 156 valence electrons. The number of aromatic amines is 1. The summed E-state index contributed by atoms with van der Waals surface area (Å²) in [5.74, 6) is -0.293. The van der Waals surface area contributed by atoms with Crippen molar-refractivity contribution in [1.29, 1.82) is 0 Å². The molecule has 3 aromatic rings. The second kappa shape index (κ2) is 9.49. The average molecular weight is 425 g/mol. The van der Waals surface area contributed by atoms with E-state index in [9.17, 15) is 14.4 Å². The Morgan fingerprint density at radius 2 is 1.63 bits per heavy atom. The highest BCUT2D eigenvalue weighted by Gasteiger charge is 2.27. The van der Waals surface area contributed by atoms with Gasteiger partial charge >= 0.3 is 5.69 Å². The van der Waals surface area contributed by atoms with Crippen molar-refractivity contribution in [2.45, 2.75) is 25.3 Å². The molecule has 2 aromatic carbocycles. The van der Waals surface area contributed by atoms with Crippen LogP contribution in [-0.4, -0.2) is 27.0 Å². The highest BCUT2D eigenvalue weighted by atomic mass is 32.2. The Morgan fingerprint density at radius 3 is 2.20 bits per heavy atom. The maximum atomic E-state index is 13.1. The zero-order valence-corrected chi connectivity index (χ0v) is 17.7. The van der Waals surface area contributed by atoms with Crippen molar-refractivity contribution in [3.05, 3.63) is 92.6 Å². The number of nitrogens with zero attached hydrogens (tertiary/aromatic N) is 2. The summed E-state index contributed by atoms with van der Waals surface area (Å²) in [6.07, 6.45) is 1.83. The van der Waals surface area contributed by atoms with Crippen molar-refractivity contribution < 1.29 is 4.79 Å². The molecule has 3 rings (SSSR count). The number of H-pyrrole nitrogens is 1. The molecule has 0 aliphatic carbocycles. The van der Waals surface area contributed by atoms with Gasteiger partial charge < -0.3 is 5.73 Å². The topological polar surface area (TPSA) is 101 Å². The summed E-state index contributed by atoms with van der Waals surface area (Å²) in [6.45, 7) is 2.12. The normalized spacial score (nSPS) is 11.8. The van der Waals surface area contributed by atoms with E-state index in [1.54, 1.807) is 6.92 Å². The lowest BCUT2D eigenvalue weighted by Gasteiger charge is -2.26. The van der Waals surface area contributed by atoms with Crippen LogP contribution in [0.25, 0.3) is 0 Å². The fourth-order valence-corrected chi connectivity index (χ4v) is 3.44. The lowest BCUT2D eigenvalue weighted by Crippen LogP contribution is -2.43.